The third-order valence-corrected chi connectivity index (χ3v) is 4.84. The van der Waals surface area contributed by atoms with Crippen molar-refractivity contribution < 1.29 is 9.32 Å². The van der Waals surface area contributed by atoms with Crippen LogP contribution in [-0.4, -0.2) is 26.0 Å². The van der Waals surface area contributed by atoms with E-state index in [0.717, 1.165) is 5.56 Å². The van der Waals surface area contributed by atoms with E-state index in [9.17, 15) is 9.59 Å². The van der Waals surface area contributed by atoms with E-state index in [1.807, 2.05) is 30.3 Å². The van der Waals surface area contributed by atoms with Crippen LogP contribution in [0.4, 0.5) is 5.95 Å². The Hall–Kier alpha value is -4.53. The van der Waals surface area contributed by atoms with E-state index in [1.54, 1.807) is 37.3 Å². The zero-order chi connectivity index (χ0) is 21.4. The molecule has 0 saturated heterocycles. The fourth-order valence-corrected chi connectivity index (χ4v) is 3.36. The van der Waals surface area contributed by atoms with Gasteiger partial charge in [-0.15, -0.1) is 0 Å². The largest absolute Gasteiger partial charge is 0.335 e. The maximum atomic E-state index is 13.0. The first-order valence-corrected chi connectivity index (χ1v) is 9.48. The van der Waals surface area contributed by atoms with Crippen LogP contribution in [0.25, 0.3) is 33.3 Å². The van der Waals surface area contributed by atoms with Crippen molar-refractivity contribution in [2.24, 2.45) is 0 Å². The summed E-state index contributed by atoms with van der Waals surface area (Å²) in [5.74, 6) is -0.334. The number of H-pyrrole nitrogens is 1. The van der Waals surface area contributed by atoms with Crippen LogP contribution in [0.3, 0.4) is 0 Å². The predicted octanol–water partition coefficient (Wildman–Crippen LogP) is 3.19. The fraction of sp³-hybridized carbons (Fsp3) is 0.0455. The highest BCUT2D eigenvalue weighted by Crippen LogP contribution is 2.26. The number of para-hydroxylation sites is 1. The maximum Gasteiger partial charge on any atom is 0.270 e. The number of amides is 1. The molecule has 0 atom stereocenters. The highest BCUT2D eigenvalue weighted by molar-refractivity contribution is 6.07. The van der Waals surface area contributed by atoms with Crippen molar-refractivity contribution in [1.82, 2.24) is 25.5 Å². The lowest BCUT2D eigenvalue weighted by molar-refractivity contribution is 0.0963. The summed E-state index contributed by atoms with van der Waals surface area (Å²) in [4.78, 5) is 36.6. The Bertz CT molecular complexity index is 1490. The molecule has 0 spiro atoms. The number of nitrogens with zero attached hydrogens (tertiary/aromatic N) is 3. The summed E-state index contributed by atoms with van der Waals surface area (Å²) in [6, 6.07) is 18.1. The van der Waals surface area contributed by atoms with Crippen molar-refractivity contribution in [3.05, 3.63) is 82.3 Å². The molecule has 1 amide bonds. The van der Waals surface area contributed by atoms with Gasteiger partial charge in [-0.3, -0.25) is 25.4 Å². The van der Waals surface area contributed by atoms with Crippen LogP contribution in [-0.2, 0) is 0 Å². The van der Waals surface area contributed by atoms with Crippen molar-refractivity contribution >= 4 is 33.9 Å². The third kappa shape index (κ3) is 3.38. The van der Waals surface area contributed by atoms with Crippen molar-refractivity contribution in [3.63, 3.8) is 0 Å². The second-order valence-electron chi connectivity index (χ2n) is 6.88. The minimum Gasteiger partial charge on any atom is -0.335 e. The highest BCUT2D eigenvalue weighted by Gasteiger charge is 2.19. The Morgan fingerprint density at radius 3 is 2.65 bits per heavy atom. The van der Waals surface area contributed by atoms with Crippen LogP contribution >= 0.6 is 0 Å². The van der Waals surface area contributed by atoms with Gasteiger partial charge in [-0.1, -0.05) is 47.6 Å². The molecule has 3 heterocycles. The monoisotopic (exact) mass is 412 g/mol. The molecular formula is C22H16N6O3. The molecular weight excluding hydrogens is 396 g/mol. The summed E-state index contributed by atoms with van der Waals surface area (Å²) in [5.41, 5.74) is 8.00. The van der Waals surface area contributed by atoms with Crippen LogP contribution < -0.4 is 16.4 Å². The van der Waals surface area contributed by atoms with Gasteiger partial charge in [-0.2, -0.15) is 0 Å². The molecule has 2 aromatic carbocycles. The maximum absolute atomic E-state index is 13.0. The SMILES string of the molecule is Cc1noc2nc(-c3ccccc3)cc(C(=O)NNc3nc4ccccc4c(=O)[nH]3)c12. The molecule has 0 saturated carbocycles. The van der Waals surface area contributed by atoms with Crippen LogP contribution in [0.15, 0.2) is 70.0 Å². The number of nitrogens with one attached hydrogen (secondary N) is 3. The molecule has 0 radical (unpaired) electrons. The standard InChI is InChI=1S/C22H16N6O3/c1-12-18-15(11-17(23-21(18)31-28-12)13-7-3-2-4-8-13)20(30)26-27-22-24-16-10-6-5-9-14(16)19(29)25-22/h2-11H,1H3,(H,26,30)(H2,24,25,27,29). The normalized spacial score (nSPS) is 11.0. The first-order chi connectivity index (χ1) is 15.1. The number of aryl methyl sites for hydroxylation is 1. The van der Waals surface area contributed by atoms with Crippen molar-refractivity contribution in [3.8, 4) is 11.3 Å². The Labute approximate surface area is 175 Å². The third-order valence-electron chi connectivity index (χ3n) is 4.84. The number of benzene rings is 2. The number of carbonyl (C=O) groups is 1. The molecule has 5 aromatic rings. The van der Waals surface area contributed by atoms with Gasteiger partial charge in [0.15, 0.2) is 0 Å². The van der Waals surface area contributed by atoms with Crippen LogP contribution in [0.5, 0.6) is 0 Å². The van der Waals surface area contributed by atoms with Gasteiger partial charge in [-0.25, -0.2) is 9.97 Å². The average Bonchev–Trinajstić information content (AvgIpc) is 3.18. The Morgan fingerprint density at radius 1 is 1.03 bits per heavy atom. The van der Waals surface area contributed by atoms with Gasteiger partial charge < -0.3 is 4.52 Å². The molecule has 9 nitrogen and oxygen atoms in total. The van der Waals surface area contributed by atoms with Gasteiger partial charge in [0.2, 0.25) is 5.95 Å². The smallest absolute Gasteiger partial charge is 0.270 e. The minimum absolute atomic E-state index is 0.118. The summed E-state index contributed by atoms with van der Waals surface area (Å²) < 4.78 is 5.31. The minimum atomic E-state index is -0.452. The Kier molecular flexibility index (Phi) is 4.40. The van der Waals surface area contributed by atoms with Crippen molar-refractivity contribution in [2.45, 2.75) is 6.92 Å². The second kappa shape index (κ2) is 7.38. The Morgan fingerprint density at radius 2 is 1.81 bits per heavy atom. The van der Waals surface area contributed by atoms with Crippen molar-refractivity contribution in [2.75, 3.05) is 5.43 Å². The molecule has 0 aliphatic heterocycles. The number of hydrogen-bond acceptors (Lipinski definition) is 7. The lowest BCUT2D eigenvalue weighted by Crippen LogP contribution is -2.31. The summed E-state index contributed by atoms with van der Waals surface area (Å²) in [6.45, 7) is 1.74. The summed E-state index contributed by atoms with van der Waals surface area (Å²) in [7, 11) is 0. The molecule has 5 rings (SSSR count). The number of anilines is 1. The van der Waals surface area contributed by atoms with Gasteiger partial charge in [0, 0.05) is 5.56 Å². The average molecular weight is 412 g/mol. The number of hydrogen-bond donors (Lipinski definition) is 3. The van der Waals surface area contributed by atoms with Gasteiger partial charge in [0.25, 0.3) is 17.2 Å². The van der Waals surface area contributed by atoms with Gasteiger partial charge >= 0.3 is 0 Å². The molecule has 152 valence electrons. The number of aromatic nitrogens is 4. The Balaban J connectivity index is 1.50. The van der Waals surface area contributed by atoms with Crippen molar-refractivity contribution in [1.29, 1.82) is 0 Å². The van der Waals surface area contributed by atoms with E-state index in [-0.39, 0.29) is 17.2 Å². The first-order valence-electron chi connectivity index (χ1n) is 9.48. The lowest BCUT2D eigenvalue weighted by atomic mass is 10.1. The number of fused-ring (bicyclic) bond motifs is 2. The lowest BCUT2D eigenvalue weighted by Gasteiger charge is -2.10. The van der Waals surface area contributed by atoms with E-state index >= 15 is 0 Å². The zero-order valence-electron chi connectivity index (χ0n) is 16.3. The first kappa shape index (κ1) is 18.5. The van der Waals surface area contributed by atoms with Gasteiger partial charge in [-0.05, 0) is 25.1 Å². The molecule has 3 aromatic heterocycles. The van der Waals surface area contributed by atoms with E-state index < -0.39 is 5.91 Å². The summed E-state index contributed by atoms with van der Waals surface area (Å²) >= 11 is 0. The molecule has 0 aliphatic carbocycles. The van der Waals surface area contributed by atoms with Crippen LogP contribution in [0.2, 0.25) is 0 Å². The second-order valence-corrected chi connectivity index (χ2v) is 6.88. The molecule has 0 bridgehead atoms. The molecule has 0 fully saturated rings. The number of aromatic amines is 1. The number of hydrazine groups is 1. The topological polar surface area (TPSA) is 126 Å². The molecule has 31 heavy (non-hydrogen) atoms. The zero-order valence-corrected chi connectivity index (χ0v) is 16.3. The summed E-state index contributed by atoms with van der Waals surface area (Å²) in [5, 5.41) is 4.91. The fourth-order valence-electron chi connectivity index (χ4n) is 3.36. The van der Waals surface area contributed by atoms with Crippen LogP contribution in [0, 0.1) is 6.92 Å². The quantitative estimate of drug-likeness (QED) is 0.387. The molecule has 0 unspecified atom stereocenters. The number of rotatable bonds is 4. The molecule has 0 aliphatic rings. The van der Waals surface area contributed by atoms with E-state index in [0.29, 0.717) is 33.2 Å². The van der Waals surface area contributed by atoms with E-state index in [1.165, 1.54) is 0 Å². The number of carbonyl (C=O) groups excluding carboxylic acids is 1. The molecule has 9 heteroatoms. The van der Waals surface area contributed by atoms with E-state index in [2.05, 4.69) is 31.0 Å². The summed E-state index contributed by atoms with van der Waals surface area (Å²) in [6.07, 6.45) is 0. The van der Waals surface area contributed by atoms with Crippen LogP contribution in [0.1, 0.15) is 16.1 Å². The molecule has 3 N–H and O–H groups in total. The van der Waals surface area contributed by atoms with Gasteiger partial charge in [0.1, 0.15) is 0 Å². The predicted molar refractivity (Wildman–Crippen MR) is 115 cm³/mol. The number of pyridine rings is 1. The highest BCUT2D eigenvalue weighted by atomic mass is 16.5. The van der Waals surface area contributed by atoms with Gasteiger partial charge in [0.05, 0.1) is 33.2 Å². The van der Waals surface area contributed by atoms with E-state index in [4.69, 9.17) is 4.52 Å².